The minimum absolute atomic E-state index is 0. The second-order valence-electron chi connectivity index (χ2n) is 5.49. The smallest absolute Gasteiger partial charge is 0.215 e. The summed E-state index contributed by atoms with van der Waals surface area (Å²) in [5.74, 6) is 2.40. The van der Waals surface area contributed by atoms with Gasteiger partial charge in [-0.1, -0.05) is 17.7 Å². The van der Waals surface area contributed by atoms with Crippen LogP contribution in [0.15, 0.2) is 23.3 Å². The van der Waals surface area contributed by atoms with E-state index in [1.165, 1.54) is 0 Å². The zero-order valence-corrected chi connectivity index (χ0v) is 19.4. The monoisotopic (exact) mass is 533 g/mol. The van der Waals surface area contributed by atoms with Crippen molar-refractivity contribution >= 4 is 63.3 Å². The number of nitrogens with one attached hydrogen (secondary N) is 2. The summed E-state index contributed by atoms with van der Waals surface area (Å²) in [6, 6.07) is 3.69. The topological polar surface area (TPSA) is 86.7 Å². The SMILES string of the molecule is CN=C(NCCc1ccc(Cl)nc1)NCCS(=O)(=O)N1CCSCC1.I. The van der Waals surface area contributed by atoms with Gasteiger partial charge in [0.25, 0.3) is 0 Å². The summed E-state index contributed by atoms with van der Waals surface area (Å²) in [6.45, 7) is 2.21. The lowest BCUT2D eigenvalue weighted by Gasteiger charge is -2.25. The molecule has 0 radical (unpaired) electrons. The molecule has 0 saturated carbocycles. The molecule has 0 unspecified atom stereocenters. The van der Waals surface area contributed by atoms with Gasteiger partial charge in [0.15, 0.2) is 5.96 Å². The van der Waals surface area contributed by atoms with Gasteiger partial charge in [-0.3, -0.25) is 4.99 Å². The summed E-state index contributed by atoms with van der Waals surface area (Å²) in [5.41, 5.74) is 1.07. The number of halogens is 2. The number of sulfonamides is 1. The van der Waals surface area contributed by atoms with Crippen LogP contribution in [0.4, 0.5) is 0 Å². The summed E-state index contributed by atoms with van der Waals surface area (Å²) in [5, 5.41) is 6.69. The fourth-order valence-electron chi connectivity index (χ4n) is 2.35. The first kappa shape index (κ1) is 23.7. The normalized spacial score (nSPS) is 16.0. The van der Waals surface area contributed by atoms with Gasteiger partial charge in [0.1, 0.15) is 5.15 Å². The van der Waals surface area contributed by atoms with Crippen LogP contribution in [0.25, 0.3) is 0 Å². The number of rotatable bonds is 7. The molecule has 1 fully saturated rings. The van der Waals surface area contributed by atoms with Gasteiger partial charge < -0.3 is 10.6 Å². The van der Waals surface area contributed by atoms with Gasteiger partial charge in [0.05, 0.1) is 5.75 Å². The molecule has 148 valence electrons. The van der Waals surface area contributed by atoms with Crippen molar-refractivity contribution in [2.24, 2.45) is 4.99 Å². The van der Waals surface area contributed by atoms with E-state index < -0.39 is 10.0 Å². The lowest BCUT2D eigenvalue weighted by atomic mass is 10.2. The third-order valence-electron chi connectivity index (χ3n) is 3.73. The summed E-state index contributed by atoms with van der Waals surface area (Å²) < 4.78 is 26.1. The predicted molar refractivity (Wildman–Crippen MR) is 120 cm³/mol. The Morgan fingerprint density at radius 1 is 1.31 bits per heavy atom. The molecule has 0 spiro atoms. The van der Waals surface area contributed by atoms with E-state index in [0.717, 1.165) is 23.5 Å². The molecule has 0 aromatic carbocycles. The lowest BCUT2D eigenvalue weighted by molar-refractivity contribution is 0.443. The average Bonchev–Trinajstić information content (AvgIpc) is 2.62. The summed E-state index contributed by atoms with van der Waals surface area (Å²) in [7, 11) is -1.54. The van der Waals surface area contributed by atoms with Crippen LogP contribution in [0.1, 0.15) is 5.56 Å². The Morgan fingerprint density at radius 3 is 2.62 bits per heavy atom. The predicted octanol–water partition coefficient (Wildman–Crippen LogP) is 1.44. The molecular formula is C15H25ClIN5O2S2. The zero-order chi connectivity index (χ0) is 18.1. The molecule has 1 aliphatic rings. The van der Waals surface area contributed by atoms with Gasteiger partial charge in [-0.2, -0.15) is 11.8 Å². The number of thioether (sulfide) groups is 1. The zero-order valence-electron chi connectivity index (χ0n) is 14.6. The third-order valence-corrected chi connectivity index (χ3v) is 6.77. The standard InChI is InChI=1S/C15H24ClN5O2S2.HI/c1-17-15(18-5-4-13-2-3-14(16)20-12-13)19-6-11-25(22,23)21-7-9-24-10-8-21;/h2-3,12H,4-11H2,1H3,(H2,17,18,19);1H. The molecule has 1 aromatic rings. The van der Waals surface area contributed by atoms with Crippen LogP contribution in [0.2, 0.25) is 5.15 Å². The van der Waals surface area contributed by atoms with Crippen LogP contribution >= 0.6 is 47.3 Å². The fourth-order valence-corrected chi connectivity index (χ4v) is 4.96. The number of pyridine rings is 1. The second kappa shape index (κ2) is 12.2. The van der Waals surface area contributed by atoms with Gasteiger partial charge in [-0.25, -0.2) is 17.7 Å². The van der Waals surface area contributed by atoms with E-state index in [0.29, 0.717) is 37.3 Å². The first-order valence-electron chi connectivity index (χ1n) is 8.12. The van der Waals surface area contributed by atoms with Crippen LogP contribution in [0.5, 0.6) is 0 Å². The van der Waals surface area contributed by atoms with Crippen molar-refractivity contribution in [3.63, 3.8) is 0 Å². The van der Waals surface area contributed by atoms with E-state index in [1.807, 2.05) is 6.07 Å². The van der Waals surface area contributed by atoms with Gasteiger partial charge in [-0.15, -0.1) is 24.0 Å². The molecule has 2 heterocycles. The number of nitrogens with zero attached hydrogens (tertiary/aromatic N) is 3. The molecule has 2 N–H and O–H groups in total. The lowest BCUT2D eigenvalue weighted by Crippen LogP contribution is -2.44. The maximum absolute atomic E-state index is 12.3. The molecule has 1 aromatic heterocycles. The molecule has 1 saturated heterocycles. The molecule has 0 aliphatic carbocycles. The number of hydrogen-bond acceptors (Lipinski definition) is 5. The minimum atomic E-state index is -3.20. The van der Waals surface area contributed by atoms with E-state index in [-0.39, 0.29) is 29.7 Å². The van der Waals surface area contributed by atoms with Gasteiger partial charge in [0, 0.05) is 50.9 Å². The Labute approximate surface area is 181 Å². The highest BCUT2D eigenvalue weighted by Gasteiger charge is 2.23. The van der Waals surface area contributed by atoms with E-state index >= 15 is 0 Å². The maximum Gasteiger partial charge on any atom is 0.215 e. The Kier molecular flexibility index (Phi) is 11.2. The molecule has 26 heavy (non-hydrogen) atoms. The molecule has 0 atom stereocenters. The first-order valence-corrected chi connectivity index (χ1v) is 11.3. The summed E-state index contributed by atoms with van der Waals surface area (Å²) in [4.78, 5) is 8.15. The average molecular weight is 534 g/mol. The van der Waals surface area contributed by atoms with Crippen molar-refractivity contribution in [3.05, 3.63) is 29.0 Å². The highest BCUT2D eigenvalue weighted by atomic mass is 127. The van der Waals surface area contributed by atoms with E-state index in [2.05, 4.69) is 20.6 Å². The van der Waals surface area contributed by atoms with Crippen LogP contribution in [-0.2, 0) is 16.4 Å². The molecular weight excluding hydrogens is 509 g/mol. The molecule has 11 heteroatoms. The quantitative estimate of drug-likeness (QED) is 0.239. The second-order valence-corrected chi connectivity index (χ2v) is 9.19. The number of guanidine groups is 1. The molecule has 1 aliphatic heterocycles. The van der Waals surface area contributed by atoms with Crippen molar-refractivity contribution in [1.29, 1.82) is 0 Å². The third kappa shape index (κ3) is 8.15. The van der Waals surface area contributed by atoms with Crippen molar-refractivity contribution in [2.75, 3.05) is 50.5 Å². The Balaban J connectivity index is 0.00000338. The summed E-state index contributed by atoms with van der Waals surface area (Å²) in [6.07, 6.45) is 2.51. The van der Waals surface area contributed by atoms with Gasteiger partial charge >= 0.3 is 0 Å². The number of aromatic nitrogens is 1. The highest BCUT2D eigenvalue weighted by Crippen LogP contribution is 2.13. The van der Waals surface area contributed by atoms with E-state index in [1.54, 1.807) is 35.4 Å². The Morgan fingerprint density at radius 2 is 2.00 bits per heavy atom. The van der Waals surface area contributed by atoms with Crippen molar-refractivity contribution in [2.45, 2.75) is 6.42 Å². The maximum atomic E-state index is 12.3. The van der Waals surface area contributed by atoms with Crippen molar-refractivity contribution < 1.29 is 8.42 Å². The minimum Gasteiger partial charge on any atom is -0.356 e. The molecule has 0 amide bonds. The van der Waals surface area contributed by atoms with Gasteiger partial charge in [-0.05, 0) is 18.1 Å². The van der Waals surface area contributed by atoms with Crippen molar-refractivity contribution in [1.82, 2.24) is 19.9 Å². The molecule has 7 nitrogen and oxygen atoms in total. The highest BCUT2D eigenvalue weighted by molar-refractivity contribution is 14.0. The number of hydrogen-bond donors (Lipinski definition) is 2. The van der Waals surface area contributed by atoms with Crippen LogP contribution < -0.4 is 10.6 Å². The van der Waals surface area contributed by atoms with Gasteiger partial charge in [0.2, 0.25) is 10.0 Å². The largest absolute Gasteiger partial charge is 0.356 e. The van der Waals surface area contributed by atoms with E-state index in [9.17, 15) is 8.42 Å². The number of aliphatic imine (C=N–C) groups is 1. The molecule has 2 rings (SSSR count). The van der Waals surface area contributed by atoms with E-state index in [4.69, 9.17) is 11.6 Å². The molecule has 0 bridgehead atoms. The first-order chi connectivity index (χ1) is 12.0. The van der Waals surface area contributed by atoms with Crippen LogP contribution in [-0.4, -0.2) is 74.2 Å². The van der Waals surface area contributed by atoms with Crippen LogP contribution in [0.3, 0.4) is 0 Å². The Hall–Kier alpha value is -0.300. The van der Waals surface area contributed by atoms with Crippen LogP contribution in [0, 0.1) is 0 Å². The fraction of sp³-hybridized carbons (Fsp3) is 0.600. The summed E-state index contributed by atoms with van der Waals surface area (Å²) >= 11 is 7.55. The van der Waals surface area contributed by atoms with Crippen molar-refractivity contribution in [3.8, 4) is 0 Å². The Bertz CT molecular complexity index is 667.